The van der Waals surface area contributed by atoms with Crippen molar-refractivity contribution in [3.63, 3.8) is 0 Å². The van der Waals surface area contributed by atoms with Crippen LogP contribution in [0.2, 0.25) is 0 Å². The van der Waals surface area contributed by atoms with Crippen LogP contribution in [0.4, 0.5) is 0 Å². The SMILES string of the molecule is O=C(CCCCCN1C(=O)c2cccc3cccc(c23)C1=O)NCCN1CCOCC1. The lowest BCUT2D eigenvalue weighted by Crippen LogP contribution is -2.41. The van der Waals surface area contributed by atoms with Gasteiger partial charge in [-0.05, 0) is 30.4 Å². The second kappa shape index (κ2) is 10.0. The quantitative estimate of drug-likeness (QED) is 0.495. The molecule has 2 aliphatic heterocycles. The Balaban J connectivity index is 1.19. The largest absolute Gasteiger partial charge is 0.379 e. The number of imide groups is 1. The molecular weight excluding hydrogens is 394 g/mol. The Morgan fingerprint density at radius 1 is 0.903 bits per heavy atom. The molecule has 1 fully saturated rings. The van der Waals surface area contributed by atoms with Crippen LogP contribution in [0.5, 0.6) is 0 Å². The summed E-state index contributed by atoms with van der Waals surface area (Å²) in [5.41, 5.74) is 1.18. The average molecular weight is 424 g/mol. The first-order chi connectivity index (χ1) is 15.1. The third-order valence-corrected chi connectivity index (χ3v) is 6.00. The fourth-order valence-electron chi connectivity index (χ4n) is 4.28. The molecule has 7 heteroatoms. The monoisotopic (exact) mass is 423 g/mol. The maximum absolute atomic E-state index is 12.9. The molecule has 7 nitrogen and oxygen atoms in total. The average Bonchev–Trinajstić information content (AvgIpc) is 2.80. The maximum atomic E-state index is 12.9. The van der Waals surface area contributed by atoms with Crippen molar-refractivity contribution in [2.24, 2.45) is 0 Å². The Morgan fingerprint density at radius 3 is 2.26 bits per heavy atom. The zero-order valence-electron chi connectivity index (χ0n) is 17.8. The van der Waals surface area contributed by atoms with E-state index < -0.39 is 0 Å². The standard InChI is InChI=1S/C24H29N3O4/c28-21(25-11-13-26-14-16-31-17-15-26)10-2-1-3-12-27-23(29)19-8-4-6-18-7-5-9-20(22(18)19)24(27)30/h4-9H,1-3,10-17H2,(H,25,28). The molecule has 2 aliphatic rings. The molecule has 2 heterocycles. The second-order valence-electron chi connectivity index (χ2n) is 8.09. The van der Waals surface area contributed by atoms with E-state index in [-0.39, 0.29) is 17.7 Å². The van der Waals surface area contributed by atoms with Crippen LogP contribution in [-0.4, -0.2) is 73.5 Å². The number of unbranched alkanes of at least 4 members (excludes halogenated alkanes) is 2. The topological polar surface area (TPSA) is 79.0 Å². The van der Waals surface area contributed by atoms with E-state index in [0.29, 0.717) is 37.1 Å². The van der Waals surface area contributed by atoms with E-state index >= 15 is 0 Å². The number of hydrogen-bond acceptors (Lipinski definition) is 5. The van der Waals surface area contributed by atoms with Crippen LogP contribution < -0.4 is 5.32 Å². The summed E-state index contributed by atoms with van der Waals surface area (Å²) in [5.74, 6) is -0.399. The van der Waals surface area contributed by atoms with E-state index in [4.69, 9.17) is 4.74 Å². The number of rotatable bonds is 9. The third kappa shape index (κ3) is 4.94. The lowest BCUT2D eigenvalue weighted by atomic mass is 9.94. The van der Waals surface area contributed by atoms with Gasteiger partial charge in [0, 0.05) is 55.7 Å². The zero-order chi connectivity index (χ0) is 21.6. The van der Waals surface area contributed by atoms with Crippen molar-refractivity contribution >= 4 is 28.5 Å². The predicted octanol–water partition coefficient (Wildman–Crippen LogP) is 2.44. The maximum Gasteiger partial charge on any atom is 0.261 e. The summed E-state index contributed by atoms with van der Waals surface area (Å²) in [5, 5.41) is 4.63. The Labute approximate surface area is 182 Å². The molecule has 0 unspecified atom stereocenters. The fraction of sp³-hybridized carbons (Fsp3) is 0.458. The van der Waals surface area contributed by atoms with Gasteiger partial charge in [0.1, 0.15) is 0 Å². The number of benzene rings is 2. The van der Waals surface area contributed by atoms with Crippen LogP contribution in [0.3, 0.4) is 0 Å². The molecule has 1 N–H and O–H groups in total. The van der Waals surface area contributed by atoms with Gasteiger partial charge in [0.05, 0.1) is 13.2 Å². The summed E-state index contributed by atoms with van der Waals surface area (Å²) in [6, 6.07) is 11.1. The predicted molar refractivity (Wildman–Crippen MR) is 118 cm³/mol. The molecule has 0 aromatic heterocycles. The summed E-state index contributed by atoms with van der Waals surface area (Å²) in [6.45, 7) is 5.24. The van der Waals surface area contributed by atoms with Crippen molar-refractivity contribution in [1.82, 2.24) is 15.1 Å². The van der Waals surface area contributed by atoms with Crippen LogP contribution in [0.15, 0.2) is 36.4 Å². The number of carbonyl (C=O) groups excluding carboxylic acids is 3. The van der Waals surface area contributed by atoms with Crippen LogP contribution in [-0.2, 0) is 9.53 Å². The molecule has 2 aromatic rings. The second-order valence-corrected chi connectivity index (χ2v) is 8.09. The normalized spacial score (nSPS) is 16.7. The molecule has 3 amide bonds. The van der Waals surface area contributed by atoms with Crippen molar-refractivity contribution in [2.45, 2.75) is 25.7 Å². The van der Waals surface area contributed by atoms with Crippen LogP contribution in [0.25, 0.3) is 10.8 Å². The highest BCUT2D eigenvalue weighted by Crippen LogP contribution is 2.30. The number of nitrogens with zero attached hydrogens (tertiary/aromatic N) is 2. The number of morpholine rings is 1. The lowest BCUT2D eigenvalue weighted by molar-refractivity contribution is -0.121. The molecule has 1 saturated heterocycles. The van der Waals surface area contributed by atoms with Crippen LogP contribution >= 0.6 is 0 Å². The number of carbonyl (C=O) groups is 3. The minimum atomic E-state index is -0.227. The van der Waals surface area contributed by atoms with Crippen molar-refractivity contribution in [2.75, 3.05) is 45.9 Å². The third-order valence-electron chi connectivity index (χ3n) is 6.00. The molecule has 4 rings (SSSR count). The van der Waals surface area contributed by atoms with E-state index in [2.05, 4.69) is 10.2 Å². The highest BCUT2D eigenvalue weighted by Gasteiger charge is 2.31. The number of nitrogens with one attached hydrogen (secondary N) is 1. The van der Waals surface area contributed by atoms with Crippen molar-refractivity contribution in [3.05, 3.63) is 47.5 Å². The van der Waals surface area contributed by atoms with Gasteiger partial charge in [-0.15, -0.1) is 0 Å². The molecule has 0 atom stereocenters. The van der Waals surface area contributed by atoms with Crippen LogP contribution in [0.1, 0.15) is 46.4 Å². The minimum Gasteiger partial charge on any atom is -0.379 e. The van der Waals surface area contributed by atoms with Crippen molar-refractivity contribution < 1.29 is 19.1 Å². The van der Waals surface area contributed by atoms with Crippen molar-refractivity contribution in [1.29, 1.82) is 0 Å². The van der Waals surface area contributed by atoms with Gasteiger partial charge in [-0.25, -0.2) is 0 Å². The summed E-state index contributed by atoms with van der Waals surface area (Å²) < 4.78 is 5.32. The fourth-order valence-corrected chi connectivity index (χ4v) is 4.28. The van der Waals surface area contributed by atoms with E-state index in [0.717, 1.165) is 56.5 Å². The molecule has 31 heavy (non-hydrogen) atoms. The molecule has 0 aliphatic carbocycles. The lowest BCUT2D eigenvalue weighted by Gasteiger charge is -2.27. The zero-order valence-corrected chi connectivity index (χ0v) is 17.8. The van der Waals surface area contributed by atoms with Gasteiger partial charge in [0.25, 0.3) is 11.8 Å². The van der Waals surface area contributed by atoms with Crippen molar-refractivity contribution in [3.8, 4) is 0 Å². The van der Waals surface area contributed by atoms with Gasteiger partial charge >= 0.3 is 0 Å². The summed E-state index contributed by atoms with van der Waals surface area (Å²) in [6.07, 6.45) is 2.69. The first-order valence-electron chi connectivity index (χ1n) is 11.1. The highest BCUT2D eigenvalue weighted by molar-refractivity contribution is 6.25. The van der Waals surface area contributed by atoms with Gasteiger partial charge < -0.3 is 10.1 Å². The van der Waals surface area contributed by atoms with Gasteiger partial charge in [-0.3, -0.25) is 24.2 Å². The van der Waals surface area contributed by atoms with Gasteiger partial charge in [0.15, 0.2) is 0 Å². The number of amides is 3. The van der Waals surface area contributed by atoms with E-state index in [9.17, 15) is 14.4 Å². The molecule has 0 saturated carbocycles. The van der Waals surface area contributed by atoms with E-state index in [1.165, 1.54) is 4.90 Å². The highest BCUT2D eigenvalue weighted by atomic mass is 16.5. The molecule has 0 spiro atoms. The molecule has 164 valence electrons. The molecule has 2 aromatic carbocycles. The number of hydrogen-bond donors (Lipinski definition) is 1. The summed E-state index contributed by atoms with van der Waals surface area (Å²) in [4.78, 5) is 41.4. The van der Waals surface area contributed by atoms with E-state index in [1.807, 2.05) is 24.3 Å². The summed E-state index contributed by atoms with van der Waals surface area (Å²) in [7, 11) is 0. The van der Waals surface area contributed by atoms with E-state index in [1.54, 1.807) is 12.1 Å². The minimum absolute atomic E-state index is 0.0546. The molecule has 0 radical (unpaired) electrons. The Morgan fingerprint density at radius 2 is 1.58 bits per heavy atom. The van der Waals surface area contributed by atoms with Gasteiger partial charge in [0.2, 0.25) is 5.91 Å². The smallest absolute Gasteiger partial charge is 0.261 e. The van der Waals surface area contributed by atoms with Gasteiger partial charge in [-0.2, -0.15) is 0 Å². The molecule has 0 bridgehead atoms. The number of ether oxygens (including phenoxy) is 1. The first-order valence-corrected chi connectivity index (χ1v) is 11.1. The molecular formula is C24H29N3O4. The Hall–Kier alpha value is -2.77. The van der Waals surface area contributed by atoms with Gasteiger partial charge in [-0.1, -0.05) is 30.7 Å². The summed E-state index contributed by atoms with van der Waals surface area (Å²) >= 11 is 0. The Bertz CT molecular complexity index is 918. The Kier molecular flexibility index (Phi) is 6.94. The first kappa shape index (κ1) is 21.5. The van der Waals surface area contributed by atoms with Crippen LogP contribution in [0, 0.1) is 0 Å².